The monoisotopic (exact) mass is 887 g/mol. The summed E-state index contributed by atoms with van der Waals surface area (Å²) in [7, 11) is 2.73. The number of likely N-dealkylation sites (tertiary alicyclic amines) is 2. The molecule has 10 rings (SSSR count). The third-order valence-electron chi connectivity index (χ3n) is 16.1. The van der Waals surface area contributed by atoms with Gasteiger partial charge in [-0.25, -0.2) is 19.6 Å². The van der Waals surface area contributed by atoms with E-state index in [4.69, 9.17) is 19.4 Å². The topological polar surface area (TPSA) is 178 Å². The van der Waals surface area contributed by atoms with Crippen LogP contribution in [0.4, 0.5) is 9.59 Å². The minimum atomic E-state index is -0.841. The number of rotatable bonds is 12. The van der Waals surface area contributed by atoms with Gasteiger partial charge in [-0.05, 0) is 122 Å². The lowest BCUT2D eigenvalue weighted by atomic mass is 9.82. The minimum absolute atomic E-state index is 0.0332. The van der Waals surface area contributed by atoms with Crippen molar-refractivity contribution in [3.63, 3.8) is 0 Å². The highest BCUT2D eigenvalue weighted by Crippen LogP contribution is 2.58. The molecule has 4 aromatic rings. The van der Waals surface area contributed by atoms with Crippen LogP contribution in [0.5, 0.6) is 0 Å². The predicted molar refractivity (Wildman–Crippen MR) is 247 cm³/mol. The SMILES string of the molecule is COC(=O)NC(C(=O)N1CCCC1c1ncc(-c2ccc(-c3ccc(-c4cnc(C5CCCN5C(O)C(NC(=O)OC)C5CCCCC5)[nH]4)cc3)c3c2C2CCC3C2)[nH]1)C1CCCCC1. The summed E-state index contributed by atoms with van der Waals surface area (Å²) in [5, 5.41) is 17.7. The zero-order valence-corrected chi connectivity index (χ0v) is 38.0. The van der Waals surface area contributed by atoms with Crippen LogP contribution in [0.2, 0.25) is 0 Å². The van der Waals surface area contributed by atoms with Gasteiger partial charge in [-0.2, -0.15) is 0 Å². The van der Waals surface area contributed by atoms with Gasteiger partial charge in [-0.1, -0.05) is 74.9 Å². The van der Waals surface area contributed by atoms with E-state index in [2.05, 4.69) is 61.9 Å². The number of aromatic nitrogens is 4. The maximum atomic E-state index is 14.2. The third-order valence-corrected chi connectivity index (χ3v) is 16.1. The molecule has 3 saturated carbocycles. The molecule has 346 valence electrons. The molecule has 14 nitrogen and oxygen atoms in total. The normalized spacial score (nSPS) is 25.0. The van der Waals surface area contributed by atoms with Crippen molar-refractivity contribution in [1.29, 1.82) is 0 Å². The Labute approximate surface area is 382 Å². The fourth-order valence-corrected chi connectivity index (χ4v) is 12.9. The van der Waals surface area contributed by atoms with Gasteiger partial charge in [-0.3, -0.25) is 9.69 Å². The van der Waals surface area contributed by atoms with E-state index in [-0.39, 0.29) is 29.8 Å². The molecule has 4 heterocycles. The number of fused-ring (bicyclic) bond motifs is 5. The van der Waals surface area contributed by atoms with Crippen LogP contribution < -0.4 is 10.6 Å². The second-order valence-corrected chi connectivity index (χ2v) is 19.7. The van der Waals surface area contributed by atoms with Gasteiger partial charge in [0.15, 0.2) is 0 Å². The summed E-state index contributed by atoms with van der Waals surface area (Å²) in [5.41, 5.74) is 9.56. The van der Waals surface area contributed by atoms with Gasteiger partial charge in [0.05, 0.1) is 56.1 Å². The molecule has 6 aliphatic rings. The molecule has 0 radical (unpaired) electrons. The van der Waals surface area contributed by atoms with Crippen molar-refractivity contribution in [1.82, 2.24) is 40.4 Å². The summed E-state index contributed by atoms with van der Waals surface area (Å²) in [6, 6.07) is 12.1. The zero-order chi connectivity index (χ0) is 44.6. The van der Waals surface area contributed by atoms with Gasteiger partial charge in [0.2, 0.25) is 5.91 Å². The first-order valence-corrected chi connectivity index (χ1v) is 24.6. The van der Waals surface area contributed by atoms with Gasteiger partial charge in [0.1, 0.15) is 23.9 Å². The first-order valence-electron chi connectivity index (χ1n) is 24.6. The molecule has 0 spiro atoms. The maximum Gasteiger partial charge on any atom is 0.407 e. The Morgan fingerprint density at radius 1 is 0.646 bits per heavy atom. The summed E-state index contributed by atoms with van der Waals surface area (Å²) in [5.74, 6) is 2.94. The van der Waals surface area contributed by atoms with Crippen molar-refractivity contribution in [2.45, 2.75) is 151 Å². The number of amides is 3. The molecule has 2 bridgehead atoms. The van der Waals surface area contributed by atoms with E-state index in [0.717, 1.165) is 112 Å². The first-order chi connectivity index (χ1) is 31.8. The van der Waals surface area contributed by atoms with Gasteiger partial charge in [0, 0.05) is 18.7 Å². The van der Waals surface area contributed by atoms with Crippen LogP contribution >= 0.6 is 0 Å². The van der Waals surface area contributed by atoms with Crippen molar-refractivity contribution in [3.8, 4) is 33.6 Å². The van der Waals surface area contributed by atoms with Crippen LogP contribution in [0.3, 0.4) is 0 Å². The number of methoxy groups -OCH3 is 2. The fourth-order valence-electron chi connectivity index (χ4n) is 12.9. The smallest absolute Gasteiger partial charge is 0.407 e. The number of carbonyl (C=O) groups excluding carboxylic acids is 3. The fraction of sp³-hybridized carbons (Fsp3) is 0.588. The van der Waals surface area contributed by atoms with E-state index in [1.54, 1.807) is 0 Å². The van der Waals surface area contributed by atoms with Crippen molar-refractivity contribution >= 4 is 18.1 Å². The summed E-state index contributed by atoms with van der Waals surface area (Å²) in [6.45, 7) is 1.37. The molecule has 5 fully saturated rings. The highest BCUT2D eigenvalue weighted by Gasteiger charge is 2.43. The van der Waals surface area contributed by atoms with Crippen LogP contribution in [0.25, 0.3) is 33.6 Å². The summed E-state index contributed by atoms with van der Waals surface area (Å²) >= 11 is 0. The van der Waals surface area contributed by atoms with Crippen LogP contribution in [-0.4, -0.2) is 98.6 Å². The highest BCUT2D eigenvalue weighted by molar-refractivity contribution is 5.87. The largest absolute Gasteiger partial charge is 0.453 e. The molecule has 2 aliphatic heterocycles. The Bertz CT molecular complexity index is 2330. The second kappa shape index (κ2) is 18.9. The number of carbonyl (C=O) groups is 3. The summed E-state index contributed by atoms with van der Waals surface area (Å²) < 4.78 is 9.93. The lowest BCUT2D eigenvalue weighted by molar-refractivity contribution is -0.136. The number of imidazole rings is 2. The number of hydrogen-bond donors (Lipinski definition) is 5. The molecule has 2 aromatic heterocycles. The third kappa shape index (κ3) is 8.56. The number of H-pyrrole nitrogens is 2. The van der Waals surface area contributed by atoms with Crippen LogP contribution in [0.15, 0.2) is 48.8 Å². The predicted octanol–water partition coefficient (Wildman–Crippen LogP) is 9.23. The molecular formula is C51H66N8O6. The lowest BCUT2D eigenvalue weighted by Gasteiger charge is -2.39. The Hall–Kier alpha value is -5.21. The van der Waals surface area contributed by atoms with E-state index < -0.39 is 30.5 Å². The standard InChI is InChI=1S/C51H66N8O6/c1-64-50(62)56-44(32-11-5-3-6-12-32)48(60)58-25-9-15-40(58)46-52-28-38(54-46)31-19-17-30(18-20-31)36-23-24-37(43-35-22-21-34(27-35)42(36)43)39-29-53-47(55-39)41-16-10-26-59(41)49(61)45(57-51(63)65-2)33-13-7-4-8-14-33/h17-20,23-24,28-29,32-35,40-41,44-45,48,60H,3-16,21-22,25-27H2,1-2H3,(H,52,54)(H,53,55)(H,56,62)(H,57,63). The highest BCUT2D eigenvalue weighted by atomic mass is 16.5. The molecule has 7 atom stereocenters. The van der Waals surface area contributed by atoms with Gasteiger partial charge in [0.25, 0.3) is 0 Å². The lowest BCUT2D eigenvalue weighted by Crippen LogP contribution is -2.55. The van der Waals surface area contributed by atoms with E-state index >= 15 is 0 Å². The summed E-state index contributed by atoms with van der Waals surface area (Å²) in [4.78, 5) is 60.2. The molecule has 2 aromatic carbocycles. The average molecular weight is 887 g/mol. The van der Waals surface area contributed by atoms with E-state index in [1.165, 1.54) is 74.1 Å². The maximum absolute atomic E-state index is 14.2. The molecule has 3 amide bonds. The molecule has 5 N–H and O–H groups in total. The Morgan fingerprint density at radius 3 is 1.92 bits per heavy atom. The second-order valence-electron chi connectivity index (χ2n) is 19.7. The molecule has 14 heteroatoms. The number of hydrogen-bond acceptors (Lipinski definition) is 9. The Morgan fingerprint density at radius 2 is 1.22 bits per heavy atom. The minimum Gasteiger partial charge on any atom is -0.453 e. The number of aliphatic hydroxyl groups excluding tert-OH is 1. The van der Waals surface area contributed by atoms with E-state index in [9.17, 15) is 19.5 Å². The number of aliphatic hydroxyl groups is 1. The van der Waals surface area contributed by atoms with Crippen LogP contribution in [0, 0.1) is 11.8 Å². The molecule has 4 aliphatic carbocycles. The van der Waals surface area contributed by atoms with Crippen molar-refractivity contribution < 1.29 is 29.0 Å². The zero-order valence-electron chi connectivity index (χ0n) is 38.0. The number of alkyl carbamates (subject to hydrolysis) is 2. The molecule has 65 heavy (non-hydrogen) atoms. The average Bonchev–Trinajstić information content (AvgIpc) is 4.22. The van der Waals surface area contributed by atoms with Crippen LogP contribution in [-0.2, 0) is 14.3 Å². The molecule has 7 unspecified atom stereocenters. The Kier molecular flexibility index (Phi) is 12.7. The quantitative estimate of drug-likeness (QED) is 0.0928. The van der Waals surface area contributed by atoms with Gasteiger partial charge < -0.3 is 40.1 Å². The number of aromatic amines is 2. The van der Waals surface area contributed by atoms with Crippen molar-refractivity contribution in [2.24, 2.45) is 11.8 Å². The van der Waals surface area contributed by atoms with Gasteiger partial charge in [-0.15, -0.1) is 0 Å². The van der Waals surface area contributed by atoms with Gasteiger partial charge >= 0.3 is 12.2 Å². The van der Waals surface area contributed by atoms with Crippen molar-refractivity contribution in [3.05, 3.63) is 71.6 Å². The van der Waals surface area contributed by atoms with Crippen molar-refractivity contribution in [2.75, 3.05) is 27.3 Å². The molecular weight excluding hydrogens is 821 g/mol. The Balaban J connectivity index is 0.863. The van der Waals surface area contributed by atoms with E-state index in [0.29, 0.717) is 18.4 Å². The van der Waals surface area contributed by atoms with Crippen LogP contribution in [0.1, 0.15) is 156 Å². The first kappa shape index (κ1) is 43.7. The van der Waals surface area contributed by atoms with E-state index in [1.807, 2.05) is 17.3 Å². The number of benzene rings is 2. The number of nitrogens with zero attached hydrogens (tertiary/aromatic N) is 4. The number of nitrogens with one attached hydrogen (secondary N) is 4. The summed E-state index contributed by atoms with van der Waals surface area (Å²) in [6.07, 6.45) is 19.6. The number of ether oxygens (including phenoxy) is 2. The molecule has 2 saturated heterocycles.